The number of likely N-dealkylation sites (N-methyl/N-ethyl adjacent to an activating group) is 1. The molecule has 1 unspecified atom stereocenters. The first-order valence-electron chi connectivity index (χ1n) is 8.92. The molecule has 1 saturated heterocycles. The Morgan fingerprint density at radius 1 is 1.25 bits per heavy atom. The quantitative estimate of drug-likeness (QED) is 0.664. The molecule has 1 aromatic carbocycles. The normalized spacial score (nSPS) is 18.5. The van der Waals surface area contributed by atoms with Crippen LogP contribution in [-0.4, -0.2) is 46.4 Å². The summed E-state index contributed by atoms with van der Waals surface area (Å²) in [7, 11) is 2.08. The first kappa shape index (κ1) is 18.9. The maximum atomic E-state index is 12.9. The molecule has 9 heteroatoms. The van der Waals surface area contributed by atoms with Gasteiger partial charge in [-0.2, -0.15) is 13.2 Å². The number of benzene rings is 1. The number of piperidine rings is 1. The fourth-order valence-corrected chi connectivity index (χ4v) is 4.40. The average molecular weight is 408 g/mol. The van der Waals surface area contributed by atoms with Crippen LogP contribution in [0.1, 0.15) is 18.4 Å². The topological polar surface area (TPSA) is 61.3 Å². The molecule has 28 heavy (non-hydrogen) atoms. The minimum absolute atomic E-state index is 0.229. The van der Waals surface area contributed by atoms with Crippen molar-refractivity contribution in [1.82, 2.24) is 15.1 Å². The van der Waals surface area contributed by atoms with Gasteiger partial charge in [-0.25, -0.2) is 0 Å². The fourth-order valence-electron chi connectivity index (χ4n) is 3.56. The van der Waals surface area contributed by atoms with Crippen LogP contribution in [0.25, 0.3) is 21.3 Å². The zero-order valence-electron chi connectivity index (χ0n) is 15.1. The van der Waals surface area contributed by atoms with E-state index in [0.717, 1.165) is 48.2 Å². The van der Waals surface area contributed by atoms with Crippen LogP contribution >= 0.6 is 11.3 Å². The van der Waals surface area contributed by atoms with Crippen molar-refractivity contribution < 1.29 is 18.3 Å². The molecule has 5 nitrogen and oxygen atoms in total. The summed E-state index contributed by atoms with van der Waals surface area (Å²) in [6.07, 6.45) is -2.37. The van der Waals surface area contributed by atoms with Crippen LogP contribution in [0.5, 0.6) is 5.75 Å². The summed E-state index contributed by atoms with van der Waals surface area (Å²) < 4.78 is 39.5. The third kappa shape index (κ3) is 3.64. The molecule has 1 fully saturated rings. The Bertz CT molecular complexity index is 1000. The average Bonchev–Trinajstić information content (AvgIpc) is 3.12. The van der Waals surface area contributed by atoms with Crippen molar-refractivity contribution in [2.75, 3.05) is 25.5 Å². The lowest BCUT2D eigenvalue weighted by molar-refractivity contribution is -0.137. The van der Waals surface area contributed by atoms with Gasteiger partial charge < -0.3 is 15.3 Å². The molecule has 0 spiro atoms. The van der Waals surface area contributed by atoms with E-state index in [1.54, 1.807) is 0 Å². The number of thiophene rings is 1. The number of hydrogen-bond donors (Lipinski definition) is 2. The smallest absolute Gasteiger partial charge is 0.416 e. The van der Waals surface area contributed by atoms with Crippen LogP contribution in [0, 0.1) is 0 Å². The number of hydrogen-bond acceptors (Lipinski definition) is 6. The molecule has 0 radical (unpaired) electrons. The van der Waals surface area contributed by atoms with Gasteiger partial charge in [0.25, 0.3) is 0 Å². The zero-order chi connectivity index (χ0) is 19.9. The number of nitrogens with zero attached hydrogens (tertiary/aromatic N) is 3. The molecule has 0 amide bonds. The summed E-state index contributed by atoms with van der Waals surface area (Å²) in [4.78, 5) is 2.26. The molecule has 148 valence electrons. The Balaban J connectivity index is 1.70. The Hall–Kier alpha value is -2.39. The number of phenolic OH excluding ortho intramolecular Hbond substituents is 1. The molecular formula is C19H19F3N4OS. The van der Waals surface area contributed by atoms with Crippen LogP contribution in [0.2, 0.25) is 0 Å². The summed E-state index contributed by atoms with van der Waals surface area (Å²) in [6.45, 7) is 1.99. The van der Waals surface area contributed by atoms with E-state index in [1.807, 2.05) is 11.4 Å². The van der Waals surface area contributed by atoms with Crippen molar-refractivity contribution in [3.63, 3.8) is 0 Å². The summed E-state index contributed by atoms with van der Waals surface area (Å²) >= 11 is 1.49. The molecular weight excluding hydrogens is 389 g/mol. The Labute approximate surface area is 163 Å². The first-order chi connectivity index (χ1) is 13.3. The minimum Gasteiger partial charge on any atom is -0.507 e. The molecule has 1 aliphatic rings. The summed E-state index contributed by atoms with van der Waals surface area (Å²) in [5.41, 5.74) is -0.301. The van der Waals surface area contributed by atoms with E-state index < -0.39 is 17.5 Å². The molecule has 0 bridgehead atoms. The lowest BCUT2D eigenvalue weighted by Crippen LogP contribution is -2.39. The van der Waals surface area contributed by atoms with Crippen molar-refractivity contribution >= 4 is 27.2 Å². The van der Waals surface area contributed by atoms with Crippen LogP contribution in [0.15, 0.2) is 29.6 Å². The third-order valence-corrected chi connectivity index (χ3v) is 5.85. The van der Waals surface area contributed by atoms with Crippen LogP contribution in [0.4, 0.5) is 19.0 Å². The number of halogens is 3. The van der Waals surface area contributed by atoms with Crippen molar-refractivity contribution in [3.8, 4) is 17.0 Å². The number of anilines is 1. The SMILES string of the molecule is CN1CCCC(Nc2nnc(-c3ccc(C(F)(F)F)cc3O)c3ccsc23)C1. The van der Waals surface area contributed by atoms with Gasteiger partial charge in [-0.05, 0) is 56.1 Å². The van der Waals surface area contributed by atoms with E-state index in [9.17, 15) is 18.3 Å². The van der Waals surface area contributed by atoms with E-state index >= 15 is 0 Å². The standard InChI is InChI=1S/C19H19F3N4OS/c1-26-7-2-3-12(10-26)23-18-17-14(6-8-28-17)16(24-25-18)13-5-4-11(9-15(13)27)19(20,21)22/h4-6,8-9,12,27H,2-3,7,10H2,1H3,(H,23,25). The molecule has 3 heterocycles. The number of aromatic hydroxyl groups is 1. The Morgan fingerprint density at radius 2 is 2.07 bits per heavy atom. The molecule has 1 atom stereocenters. The second kappa shape index (κ2) is 7.21. The van der Waals surface area contributed by atoms with Gasteiger partial charge in [-0.3, -0.25) is 0 Å². The van der Waals surface area contributed by atoms with Gasteiger partial charge in [0.05, 0.1) is 10.3 Å². The maximum absolute atomic E-state index is 12.9. The second-order valence-corrected chi connectivity index (χ2v) is 7.95. The lowest BCUT2D eigenvalue weighted by atomic mass is 10.0. The highest BCUT2D eigenvalue weighted by Crippen LogP contribution is 2.40. The number of fused-ring (bicyclic) bond motifs is 1. The highest BCUT2D eigenvalue weighted by atomic mass is 32.1. The van der Waals surface area contributed by atoms with E-state index in [2.05, 4.69) is 27.5 Å². The molecule has 3 aromatic rings. The Morgan fingerprint density at radius 3 is 2.79 bits per heavy atom. The van der Waals surface area contributed by atoms with Crippen LogP contribution < -0.4 is 5.32 Å². The number of rotatable bonds is 3. The van der Waals surface area contributed by atoms with Gasteiger partial charge >= 0.3 is 6.18 Å². The molecule has 1 aliphatic heterocycles. The highest BCUT2D eigenvalue weighted by Gasteiger charge is 2.31. The van der Waals surface area contributed by atoms with E-state index in [-0.39, 0.29) is 11.6 Å². The Kier molecular flexibility index (Phi) is 4.88. The molecule has 2 N–H and O–H groups in total. The third-order valence-electron chi connectivity index (χ3n) is 4.93. The number of nitrogens with one attached hydrogen (secondary N) is 1. The number of aromatic nitrogens is 2. The molecule has 0 saturated carbocycles. The van der Waals surface area contributed by atoms with E-state index in [4.69, 9.17) is 0 Å². The summed E-state index contributed by atoms with van der Waals surface area (Å²) in [5, 5.41) is 24.8. The maximum Gasteiger partial charge on any atom is 0.416 e. The van der Waals surface area contributed by atoms with Gasteiger partial charge in [0.2, 0.25) is 0 Å². The van der Waals surface area contributed by atoms with Crippen molar-refractivity contribution in [1.29, 1.82) is 0 Å². The van der Waals surface area contributed by atoms with Gasteiger partial charge in [0, 0.05) is 23.5 Å². The lowest BCUT2D eigenvalue weighted by Gasteiger charge is -2.30. The van der Waals surface area contributed by atoms with Crippen molar-refractivity contribution in [2.24, 2.45) is 0 Å². The largest absolute Gasteiger partial charge is 0.507 e. The van der Waals surface area contributed by atoms with Crippen LogP contribution in [0.3, 0.4) is 0 Å². The number of phenols is 1. The van der Waals surface area contributed by atoms with Crippen molar-refractivity contribution in [2.45, 2.75) is 25.1 Å². The fraction of sp³-hybridized carbons (Fsp3) is 0.368. The summed E-state index contributed by atoms with van der Waals surface area (Å²) in [6, 6.07) is 5.02. The molecule has 4 rings (SSSR count). The van der Waals surface area contributed by atoms with E-state index in [1.165, 1.54) is 17.4 Å². The predicted molar refractivity (Wildman–Crippen MR) is 104 cm³/mol. The second-order valence-electron chi connectivity index (χ2n) is 7.04. The van der Waals surface area contributed by atoms with Crippen LogP contribution in [-0.2, 0) is 6.18 Å². The zero-order valence-corrected chi connectivity index (χ0v) is 15.9. The molecule has 2 aromatic heterocycles. The van der Waals surface area contributed by atoms with Gasteiger partial charge in [0.15, 0.2) is 5.82 Å². The highest BCUT2D eigenvalue weighted by molar-refractivity contribution is 7.17. The predicted octanol–water partition coefficient (Wildman–Crippen LogP) is 4.59. The monoisotopic (exact) mass is 408 g/mol. The number of alkyl halides is 3. The van der Waals surface area contributed by atoms with Gasteiger partial charge in [0.1, 0.15) is 11.4 Å². The minimum atomic E-state index is -4.51. The van der Waals surface area contributed by atoms with E-state index in [0.29, 0.717) is 11.5 Å². The molecule has 0 aliphatic carbocycles. The number of likely N-dealkylation sites (tertiary alicyclic amines) is 1. The van der Waals surface area contributed by atoms with Crippen molar-refractivity contribution in [3.05, 3.63) is 35.2 Å². The van der Waals surface area contributed by atoms with Gasteiger partial charge in [-0.15, -0.1) is 21.5 Å². The summed E-state index contributed by atoms with van der Waals surface area (Å²) in [5.74, 6) is 0.201. The first-order valence-corrected chi connectivity index (χ1v) is 9.80. The van der Waals surface area contributed by atoms with Gasteiger partial charge in [-0.1, -0.05) is 0 Å².